The highest BCUT2D eigenvalue weighted by Gasteiger charge is 2.56. The highest BCUT2D eigenvalue weighted by molar-refractivity contribution is 5.74. The van der Waals surface area contributed by atoms with E-state index >= 15 is 0 Å². The first-order valence-electron chi connectivity index (χ1n) is 19.8. The maximum absolute atomic E-state index is 12.6. The van der Waals surface area contributed by atoms with E-state index in [0.29, 0.717) is 0 Å². The predicted molar refractivity (Wildman–Crippen MR) is 198 cm³/mol. The second-order valence-electron chi connectivity index (χ2n) is 15.5. The number of aliphatic hydroxyl groups excluding tert-OH is 12. The van der Waals surface area contributed by atoms with Crippen molar-refractivity contribution in [2.24, 2.45) is 5.73 Å². The van der Waals surface area contributed by atoms with Crippen LogP contribution in [0.15, 0.2) is 0 Å². The van der Waals surface area contributed by atoms with Crippen molar-refractivity contribution < 1.29 is 114 Å². The van der Waals surface area contributed by atoms with Gasteiger partial charge in [0.1, 0.15) is 104 Å². The Hall–Kier alpha value is -2.43. The second kappa shape index (κ2) is 23.2. The molecule has 0 aromatic heterocycles. The summed E-state index contributed by atoms with van der Waals surface area (Å²) >= 11 is 0. The number of amides is 3. The molecule has 4 aliphatic rings. The van der Waals surface area contributed by atoms with Crippen molar-refractivity contribution in [2.75, 3.05) is 33.0 Å². The number of hydrogen-bond acceptors (Lipinski definition) is 24. The zero-order valence-electron chi connectivity index (χ0n) is 34.2. The summed E-state index contributed by atoms with van der Waals surface area (Å²) in [6.07, 6.45) is -31.7. The zero-order chi connectivity index (χ0) is 46.3. The van der Waals surface area contributed by atoms with Gasteiger partial charge in [-0.3, -0.25) is 14.4 Å². The molecule has 4 heterocycles. The molecule has 4 rings (SSSR count). The Morgan fingerprint density at radius 2 is 1.03 bits per heavy atom. The van der Waals surface area contributed by atoms with Gasteiger partial charge in [-0.1, -0.05) is 0 Å². The van der Waals surface area contributed by atoms with E-state index in [9.17, 15) is 70.6 Å². The molecule has 62 heavy (non-hydrogen) atoms. The summed E-state index contributed by atoms with van der Waals surface area (Å²) in [6, 6.07) is -5.71. The maximum Gasteiger partial charge on any atom is 0.217 e. The molecule has 4 fully saturated rings. The third kappa shape index (κ3) is 12.3. The summed E-state index contributed by atoms with van der Waals surface area (Å²) in [4.78, 5) is 37.5. The lowest BCUT2D eigenvalue weighted by Gasteiger charge is -2.51. The van der Waals surface area contributed by atoms with Gasteiger partial charge in [-0.15, -0.1) is 0 Å². The molecule has 4 aliphatic heterocycles. The van der Waals surface area contributed by atoms with Gasteiger partial charge in [0.25, 0.3) is 0 Å². The van der Waals surface area contributed by atoms with Gasteiger partial charge in [0.2, 0.25) is 17.7 Å². The Kier molecular flexibility index (Phi) is 19.5. The van der Waals surface area contributed by atoms with Crippen molar-refractivity contribution in [3.8, 4) is 0 Å². The first-order chi connectivity index (χ1) is 29.2. The molecule has 3 amide bonds. The molecule has 0 unspecified atom stereocenters. The summed E-state index contributed by atoms with van der Waals surface area (Å²) in [5.41, 5.74) is 6.43. The number of aliphatic hydroxyl groups is 12. The summed E-state index contributed by atoms with van der Waals surface area (Å²) in [5.74, 6) is -2.18. The molecule has 17 N–H and O–H groups in total. The predicted octanol–water partition coefficient (Wildman–Crippen LogP) is -10.2. The van der Waals surface area contributed by atoms with Gasteiger partial charge in [0, 0.05) is 20.8 Å². The molecule has 0 radical (unpaired) electrons. The van der Waals surface area contributed by atoms with Gasteiger partial charge in [-0.05, 0) is 6.92 Å². The molecule has 0 bridgehead atoms. The van der Waals surface area contributed by atoms with Crippen LogP contribution < -0.4 is 21.7 Å². The van der Waals surface area contributed by atoms with Gasteiger partial charge in [-0.2, -0.15) is 0 Å². The quantitative estimate of drug-likeness (QED) is 0.0607. The smallest absolute Gasteiger partial charge is 0.217 e. The first-order valence-corrected chi connectivity index (χ1v) is 19.8. The minimum atomic E-state index is -1.90. The van der Waals surface area contributed by atoms with E-state index in [1.54, 1.807) is 0 Å². The van der Waals surface area contributed by atoms with Crippen LogP contribution in [0.1, 0.15) is 27.7 Å². The second-order valence-corrected chi connectivity index (χ2v) is 15.5. The van der Waals surface area contributed by atoms with Crippen molar-refractivity contribution in [1.29, 1.82) is 0 Å². The fourth-order valence-corrected chi connectivity index (χ4v) is 7.53. The lowest BCUT2D eigenvalue weighted by atomic mass is 9.92. The molecule has 0 aromatic carbocycles. The third-order valence-electron chi connectivity index (χ3n) is 10.9. The molecule has 0 spiro atoms. The Balaban J connectivity index is 1.63. The van der Waals surface area contributed by atoms with Crippen LogP contribution in [0, 0.1) is 0 Å². The zero-order valence-corrected chi connectivity index (χ0v) is 34.2. The van der Waals surface area contributed by atoms with E-state index in [4.69, 9.17) is 48.7 Å². The molecule has 0 aliphatic carbocycles. The third-order valence-corrected chi connectivity index (χ3v) is 10.9. The molecular formula is C35H62N4O23. The van der Waals surface area contributed by atoms with Gasteiger partial charge in [0.15, 0.2) is 25.2 Å². The number of nitrogens with two attached hydrogens (primary N) is 1. The summed E-state index contributed by atoms with van der Waals surface area (Å²) in [7, 11) is 0. The Labute approximate surface area is 354 Å². The van der Waals surface area contributed by atoms with Crippen LogP contribution in [0.25, 0.3) is 0 Å². The van der Waals surface area contributed by atoms with E-state index in [2.05, 4.69) is 16.0 Å². The van der Waals surface area contributed by atoms with Crippen LogP contribution in [-0.4, -0.2) is 253 Å². The van der Waals surface area contributed by atoms with Gasteiger partial charge in [0.05, 0.1) is 45.2 Å². The number of carbonyl (C=O) groups is 3. The largest absolute Gasteiger partial charge is 0.394 e. The number of hydrogen-bond donors (Lipinski definition) is 16. The topological polar surface area (TPSA) is 430 Å². The first kappa shape index (κ1) is 52.2. The minimum Gasteiger partial charge on any atom is -0.394 e. The highest BCUT2D eigenvalue weighted by Crippen LogP contribution is 2.34. The number of nitrogens with one attached hydrogen (secondary N) is 3. The minimum absolute atomic E-state index is 0.680. The molecule has 27 nitrogen and oxygen atoms in total. The van der Waals surface area contributed by atoms with Crippen LogP contribution in [0.4, 0.5) is 0 Å². The average Bonchev–Trinajstić information content (AvgIpc) is 3.22. The van der Waals surface area contributed by atoms with Crippen LogP contribution in [0.3, 0.4) is 0 Å². The monoisotopic (exact) mass is 906 g/mol. The van der Waals surface area contributed by atoms with Crippen LogP contribution >= 0.6 is 0 Å². The average molecular weight is 907 g/mol. The molecule has 0 saturated carbocycles. The molecule has 23 atom stereocenters. The summed E-state index contributed by atoms with van der Waals surface area (Å²) in [6.45, 7) is 0.464. The molecule has 4 saturated heterocycles. The van der Waals surface area contributed by atoms with Crippen LogP contribution in [-0.2, 0) is 52.3 Å². The van der Waals surface area contributed by atoms with Crippen molar-refractivity contribution in [3.63, 3.8) is 0 Å². The number of ether oxygens (including phenoxy) is 8. The number of carbonyl (C=O) groups excluding carboxylic acids is 3. The molecule has 27 heteroatoms. The van der Waals surface area contributed by atoms with Crippen molar-refractivity contribution in [2.45, 2.75) is 169 Å². The molecular weight excluding hydrogens is 844 g/mol. The Morgan fingerprint density at radius 3 is 1.58 bits per heavy atom. The fraction of sp³-hybridized carbons (Fsp3) is 0.914. The number of rotatable bonds is 18. The Morgan fingerprint density at radius 1 is 0.565 bits per heavy atom. The van der Waals surface area contributed by atoms with Crippen LogP contribution in [0.2, 0.25) is 0 Å². The van der Waals surface area contributed by atoms with Crippen molar-refractivity contribution in [3.05, 3.63) is 0 Å². The Bertz CT molecular complexity index is 1440. The maximum atomic E-state index is 12.6. The van der Waals surface area contributed by atoms with Crippen molar-refractivity contribution >= 4 is 17.7 Å². The molecule has 360 valence electrons. The van der Waals surface area contributed by atoms with E-state index in [0.717, 1.165) is 20.8 Å². The normalized spacial score (nSPS) is 42.9. The lowest BCUT2D eigenvalue weighted by molar-refractivity contribution is -0.356. The van der Waals surface area contributed by atoms with E-state index in [1.807, 2.05) is 0 Å². The van der Waals surface area contributed by atoms with Crippen molar-refractivity contribution in [1.82, 2.24) is 16.0 Å². The summed E-state index contributed by atoms with van der Waals surface area (Å²) in [5, 5.41) is 132. The van der Waals surface area contributed by atoms with E-state index in [-0.39, 0.29) is 0 Å². The van der Waals surface area contributed by atoms with E-state index < -0.39 is 192 Å². The van der Waals surface area contributed by atoms with E-state index in [1.165, 1.54) is 6.92 Å². The standard InChI is InChI=1S/C35H62N4O23/c1-10-19(36)30(61-35-28(54)27(53)24(50)16(6-41)58-35)21(38-12(3)45)34(56-10)60-29-18(8-43)59-33(20(26(29)52)37-11(2)44)62-31-22(39-13(4)46)32(57-17(7-42)25(31)51)55-9-15(48)23(49)14(47)5-40/h10,14-35,40-43,47-54H,5-9,36H2,1-4H3,(H,37,44)(H,38,45)(H,39,46)/t10-,14-,15+,16-,17-,18-,19+,20-,21-,22-,23-,24-,25+,26-,27+,28-,29+,30+,31-,32-,33-,34+,35+/m1/s1. The lowest BCUT2D eigenvalue weighted by Crippen LogP contribution is -2.72. The van der Waals surface area contributed by atoms with Gasteiger partial charge < -0.3 is 121 Å². The highest BCUT2D eigenvalue weighted by atomic mass is 16.8. The fourth-order valence-electron chi connectivity index (χ4n) is 7.53. The van der Waals surface area contributed by atoms with Crippen LogP contribution in [0.5, 0.6) is 0 Å². The SMILES string of the molecule is CC(=O)N[C@H]1[C@@H](O[C@H]2[C@@H](O)[C@@H](CO)O[C@@H](OC[C@H](O)[C@H](O)[C@H](O)CO)[C@@H]2NC(C)=O)O[C@H](CO)[C@H](O[C@@H]2O[C@H](C)[C@H](N)[C@H](O[C@@H]3O[C@H](CO)[C@@H](O)[C@H](O)[C@H]3O)[C@H]2NC(C)=O)[C@@H]1O. The van der Waals surface area contributed by atoms with Gasteiger partial charge >= 0.3 is 0 Å². The molecule has 0 aromatic rings. The van der Waals surface area contributed by atoms with Gasteiger partial charge in [-0.25, -0.2) is 0 Å². The summed E-state index contributed by atoms with van der Waals surface area (Å²) < 4.78 is 47.1.